The molecule has 8 nitrogen and oxygen atoms in total. The van der Waals surface area contributed by atoms with Crippen LogP contribution in [0.1, 0.15) is 56.2 Å². The summed E-state index contributed by atoms with van der Waals surface area (Å²) in [6.07, 6.45) is 5.98. The van der Waals surface area contributed by atoms with Gasteiger partial charge in [0.25, 0.3) is 5.91 Å². The Balaban J connectivity index is 1.40. The minimum absolute atomic E-state index is 0.0326. The first-order chi connectivity index (χ1) is 16.0. The lowest BCUT2D eigenvalue weighted by Gasteiger charge is -2.33. The van der Waals surface area contributed by atoms with Crippen LogP contribution in [0.3, 0.4) is 0 Å². The van der Waals surface area contributed by atoms with Crippen molar-refractivity contribution >= 4 is 22.8 Å². The van der Waals surface area contributed by atoms with Crippen molar-refractivity contribution in [3.8, 4) is 0 Å². The second kappa shape index (κ2) is 10.8. The Bertz CT molecular complexity index is 1030. The maximum atomic E-state index is 13.0. The normalized spacial score (nSPS) is 15.9. The number of anilines is 1. The number of amides is 1. The Hall–Kier alpha value is -2.87. The van der Waals surface area contributed by atoms with Crippen molar-refractivity contribution in [3.05, 3.63) is 41.9 Å². The van der Waals surface area contributed by atoms with E-state index in [1.54, 1.807) is 0 Å². The first-order valence-corrected chi connectivity index (χ1v) is 12.3. The number of H-pyrrole nitrogens is 2. The third-order valence-electron chi connectivity index (χ3n) is 6.45. The van der Waals surface area contributed by atoms with E-state index in [-0.39, 0.29) is 17.8 Å². The predicted molar refractivity (Wildman–Crippen MR) is 133 cm³/mol. The van der Waals surface area contributed by atoms with Crippen LogP contribution in [0.4, 0.5) is 5.95 Å². The van der Waals surface area contributed by atoms with Crippen LogP contribution in [-0.4, -0.2) is 69.7 Å². The predicted octanol–water partition coefficient (Wildman–Crippen LogP) is 3.60. The van der Waals surface area contributed by atoms with Crippen molar-refractivity contribution < 1.29 is 4.79 Å². The molecule has 1 fully saturated rings. The first kappa shape index (κ1) is 23.3. The van der Waals surface area contributed by atoms with Crippen molar-refractivity contribution in [3.63, 3.8) is 0 Å². The number of hydrogen-bond acceptors (Lipinski definition) is 5. The Kier molecular flexibility index (Phi) is 7.65. The number of nitrogens with zero attached hydrogens (tertiary/aromatic N) is 4. The van der Waals surface area contributed by atoms with Crippen molar-refractivity contribution in [1.82, 2.24) is 30.4 Å². The van der Waals surface area contributed by atoms with Crippen molar-refractivity contribution in [2.75, 3.05) is 37.6 Å². The van der Waals surface area contributed by atoms with E-state index in [0.717, 1.165) is 57.5 Å². The molecule has 1 aliphatic rings. The van der Waals surface area contributed by atoms with Gasteiger partial charge in [-0.1, -0.05) is 39.0 Å². The Morgan fingerprint density at radius 2 is 1.94 bits per heavy atom. The lowest BCUT2D eigenvalue weighted by molar-refractivity contribution is 0.0923. The smallest absolute Gasteiger partial charge is 0.288 e. The molecule has 1 unspecified atom stereocenters. The van der Waals surface area contributed by atoms with Crippen LogP contribution in [-0.2, 0) is 6.42 Å². The van der Waals surface area contributed by atoms with E-state index in [1.165, 1.54) is 17.4 Å². The molecule has 4 rings (SSSR count). The zero-order valence-electron chi connectivity index (χ0n) is 20.1. The molecule has 1 saturated heterocycles. The minimum atomic E-state index is -0.188. The minimum Gasteiger partial charge on any atom is -0.361 e. The molecule has 0 bridgehead atoms. The molecule has 2 aromatic heterocycles. The average molecular weight is 452 g/mol. The zero-order valence-corrected chi connectivity index (χ0v) is 20.1. The molecule has 1 aromatic carbocycles. The molecule has 1 aliphatic heterocycles. The largest absolute Gasteiger partial charge is 0.361 e. The number of carbonyl (C=O) groups excluding carboxylic acids is 1. The van der Waals surface area contributed by atoms with Gasteiger partial charge in [0.05, 0.1) is 0 Å². The van der Waals surface area contributed by atoms with Crippen LogP contribution in [0, 0.1) is 5.92 Å². The SMILES string of the molecule is CCCN1CCN(c2n[nH]c(C(=O)NC(CCC(C)C)Cc3c[nH]c4ccccc34)n2)CC1. The summed E-state index contributed by atoms with van der Waals surface area (Å²) >= 11 is 0. The topological polar surface area (TPSA) is 92.9 Å². The molecule has 33 heavy (non-hydrogen) atoms. The van der Waals surface area contributed by atoms with Gasteiger partial charge in [0.15, 0.2) is 0 Å². The molecule has 8 heteroatoms. The van der Waals surface area contributed by atoms with Crippen molar-refractivity contribution in [1.29, 1.82) is 0 Å². The van der Waals surface area contributed by atoms with E-state index in [4.69, 9.17) is 0 Å². The van der Waals surface area contributed by atoms with Gasteiger partial charge in [0, 0.05) is 49.3 Å². The number of aromatic nitrogens is 4. The quantitative estimate of drug-likeness (QED) is 0.438. The molecule has 0 spiro atoms. The number of nitrogens with one attached hydrogen (secondary N) is 3. The van der Waals surface area contributed by atoms with Crippen LogP contribution < -0.4 is 10.2 Å². The molecule has 3 aromatic rings. The van der Waals surface area contributed by atoms with Gasteiger partial charge in [-0.05, 0) is 49.8 Å². The van der Waals surface area contributed by atoms with E-state index < -0.39 is 0 Å². The van der Waals surface area contributed by atoms with Gasteiger partial charge in [-0.25, -0.2) is 0 Å². The maximum Gasteiger partial charge on any atom is 0.288 e. The second-order valence-corrected chi connectivity index (χ2v) is 9.52. The highest BCUT2D eigenvalue weighted by atomic mass is 16.2. The monoisotopic (exact) mass is 451 g/mol. The van der Waals surface area contributed by atoms with Crippen LogP contribution in [0.2, 0.25) is 0 Å². The summed E-state index contributed by atoms with van der Waals surface area (Å²) in [5.41, 5.74) is 2.35. The Morgan fingerprint density at radius 3 is 2.70 bits per heavy atom. The third-order valence-corrected chi connectivity index (χ3v) is 6.45. The van der Waals surface area contributed by atoms with E-state index in [0.29, 0.717) is 11.9 Å². The number of rotatable bonds is 10. The second-order valence-electron chi connectivity index (χ2n) is 9.52. The highest BCUT2D eigenvalue weighted by Gasteiger charge is 2.23. The van der Waals surface area contributed by atoms with Gasteiger partial charge in [0.1, 0.15) is 0 Å². The first-order valence-electron chi connectivity index (χ1n) is 12.3. The van der Waals surface area contributed by atoms with E-state index in [2.05, 4.69) is 80.4 Å². The van der Waals surface area contributed by atoms with Gasteiger partial charge >= 0.3 is 0 Å². The lowest BCUT2D eigenvalue weighted by Crippen LogP contribution is -2.47. The van der Waals surface area contributed by atoms with Crippen LogP contribution in [0.5, 0.6) is 0 Å². The van der Waals surface area contributed by atoms with Crippen LogP contribution in [0.25, 0.3) is 10.9 Å². The van der Waals surface area contributed by atoms with Gasteiger partial charge in [-0.3, -0.25) is 14.8 Å². The standard InChI is InChI=1S/C25H37N7O/c1-4-11-31-12-14-32(15-13-31)25-28-23(29-30-25)24(33)27-20(10-9-18(2)3)16-19-17-26-22-8-6-5-7-21(19)22/h5-8,17-18,20,26H,4,9-16H2,1-3H3,(H,27,33)(H,28,29,30). The molecule has 0 radical (unpaired) electrons. The third kappa shape index (κ3) is 5.93. The average Bonchev–Trinajstić information content (AvgIpc) is 3.46. The molecule has 178 valence electrons. The van der Waals surface area contributed by atoms with Crippen LogP contribution >= 0.6 is 0 Å². The molecule has 3 N–H and O–H groups in total. The Morgan fingerprint density at radius 1 is 1.15 bits per heavy atom. The van der Waals surface area contributed by atoms with Crippen molar-refractivity contribution in [2.45, 2.75) is 52.5 Å². The highest BCUT2D eigenvalue weighted by molar-refractivity contribution is 5.91. The molecule has 1 atom stereocenters. The number of benzene rings is 1. The molecule has 3 heterocycles. The molecule has 0 aliphatic carbocycles. The number of aromatic amines is 2. The summed E-state index contributed by atoms with van der Waals surface area (Å²) in [6.45, 7) is 11.6. The van der Waals surface area contributed by atoms with Crippen molar-refractivity contribution in [2.24, 2.45) is 5.92 Å². The summed E-state index contributed by atoms with van der Waals surface area (Å²) in [5.74, 6) is 1.30. The van der Waals surface area contributed by atoms with Gasteiger partial charge in [-0.15, -0.1) is 5.10 Å². The summed E-state index contributed by atoms with van der Waals surface area (Å²) in [6, 6.07) is 8.33. The molecule has 0 saturated carbocycles. The van der Waals surface area contributed by atoms with E-state index in [9.17, 15) is 4.79 Å². The van der Waals surface area contributed by atoms with Gasteiger partial charge < -0.3 is 15.2 Å². The summed E-state index contributed by atoms with van der Waals surface area (Å²) in [5, 5.41) is 11.6. The van der Waals surface area contributed by atoms with Gasteiger partial charge in [-0.2, -0.15) is 4.98 Å². The number of para-hydroxylation sites is 1. The molecule has 1 amide bonds. The fourth-order valence-corrected chi connectivity index (χ4v) is 4.56. The summed E-state index contributed by atoms with van der Waals surface area (Å²) < 4.78 is 0. The lowest BCUT2D eigenvalue weighted by atomic mass is 9.97. The van der Waals surface area contributed by atoms with Crippen LogP contribution in [0.15, 0.2) is 30.5 Å². The number of fused-ring (bicyclic) bond motifs is 1. The Labute approximate surface area is 196 Å². The number of hydrogen-bond donors (Lipinski definition) is 3. The summed E-state index contributed by atoms with van der Waals surface area (Å²) in [7, 11) is 0. The summed E-state index contributed by atoms with van der Waals surface area (Å²) in [4.78, 5) is 25.5. The number of piperazine rings is 1. The van der Waals surface area contributed by atoms with E-state index >= 15 is 0 Å². The van der Waals surface area contributed by atoms with Gasteiger partial charge in [0.2, 0.25) is 11.8 Å². The van der Waals surface area contributed by atoms with E-state index in [1.807, 2.05) is 6.07 Å². The molecular weight excluding hydrogens is 414 g/mol. The maximum absolute atomic E-state index is 13.0. The number of carbonyl (C=O) groups is 1. The molecular formula is C25H37N7O. The fraction of sp³-hybridized carbons (Fsp3) is 0.560. The fourth-order valence-electron chi connectivity index (χ4n) is 4.56. The highest BCUT2D eigenvalue weighted by Crippen LogP contribution is 2.21. The zero-order chi connectivity index (χ0) is 23.2.